The van der Waals surface area contributed by atoms with Gasteiger partial charge in [0.05, 0.1) is 6.10 Å². The maximum Gasteiger partial charge on any atom is 0.0573 e. The second-order valence-electron chi connectivity index (χ2n) is 4.16. The van der Waals surface area contributed by atoms with Crippen LogP contribution in [0, 0.1) is 11.3 Å². The van der Waals surface area contributed by atoms with Crippen LogP contribution in [0.1, 0.15) is 40.0 Å². The summed E-state index contributed by atoms with van der Waals surface area (Å²) in [4.78, 5) is 0. The lowest BCUT2D eigenvalue weighted by Crippen LogP contribution is -2.12. The Balaban J connectivity index is 2.25. The SMILES string of the molecule is CCC[C@@H](O)C1CC1(C)C. The standard InChI is InChI=1S/C9H18O/c1-4-5-8(10)7-6-9(7,2)3/h7-8,10H,4-6H2,1-3H3/t7?,8-/m1/s1. The summed E-state index contributed by atoms with van der Waals surface area (Å²) in [7, 11) is 0. The van der Waals surface area contributed by atoms with E-state index < -0.39 is 0 Å². The molecule has 0 heterocycles. The van der Waals surface area contributed by atoms with Gasteiger partial charge in [-0.05, 0) is 24.2 Å². The molecule has 1 unspecified atom stereocenters. The summed E-state index contributed by atoms with van der Waals surface area (Å²) in [5, 5.41) is 9.52. The molecule has 2 atom stereocenters. The van der Waals surface area contributed by atoms with Crippen LogP contribution in [0.25, 0.3) is 0 Å². The first-order valence-corrected chi connectivity index (χ1v) is 4.26. The number of hydrogen-bond donors (Lipinski definition) is 1. The zero-order chi connectivity index (χ0) is 7.78. The van der Waals surface area contributed by atoms with Gasteiger partial charge >= 0.3 is 0 Å². The van der Waals surface area contributed by atoms with Gasteiger partial charge in [-0.2, -0.15) is 0 Å². The van der Waals surface area contributed by atoms with E-state index in [2.05, 4.69) is 20.8 Å². The third kappa shape index (κ3) is 1.51. The number of aliphatic hydroxyl groups excluding tert-OH is 1. The highest BCUT2D eigenvalue weighted by atomic mass is 16.3. The van der Waals surface area contributed by atoms with Crippen molar-refractivity contribution in [2.24, 2.45) is 11.3 Å². The summed E-state index contributed by atoms with van der Waals surface area (Å²) in [6.45, 7) is 6.59. The molecule has 0 amide bonds. The predicted octanol–water partition coefficient (Wildman–Crippen LogP) is 2.19. The van der Waals surface area contributed by atoms with Crippen molar-refractivity contribution in [1.82, 2.24) is 0 Å². The number of rotatable bonds is 3. The summed E-state index contributed by atoms with van der Waals surface area (Å²) in [5.74, 6) is 0.590. The van der Waals surface area contributed by atoms with E-state index in [0.717, 1.165) is 12.8 Å². The molecule has 0 radical (unpaired) electrons. The smallest absolute Gasteiger partial charge is 0.0573 e. The summed E-state index contributed by atoms with van der Waals surface area (Å²) >= 11 is 0. The van der Waals surface area contributed by atoms with Gasteiger partial charge in [0, 0.05) is 0 Å². The Hall–Kier alpha value is -0.0400. The molecule has 1 aliphatic carbocycles. The first-order chi connectivity index (χ1) is 4.58. The molecule has 1 saturated carbocycles. The fraction of sp³-hybridized carbons (Fsp3) is 1.00. The van der Waals surface area contributed by atoms with Gasteiger partial charge in [-0.3, -0.25) is 0 Å². The monoisotopic (exact) mass is 142 g/mol. The molecular formula is C9H18O. The van der Waals surface area contributed by atoms with E-state index in [1.54, 1.807) is 0 Å². The van der Waals surface area contributed by atoms with Gasteiger partial charge in [0.25, 0.3) is 0 Å². The van der Waals surface area contributed by atoms with Gasteiger partial charge in [-0.25, -0.2) is 0 Å². The minimum absolute atomic E-state index is 0.0278. The molecule has 0 aromatic heterocycles. The maximum absolute atomic E-state index is 9.52. The van der Waals surface area contributed by atoms with Gasteiger partial charge < -0.3 is 5.11 Å². The minimum atomic E-state index is -0.0278. The maximum atomic E-state index is 9.52. The van der Waals surface area contributed by atoms with E-state index in [9.17, 15) is 5.11 Å². The number of aliphatic hydroxyl groups is 1. The molecular weight excluding hydrogens is 124 g/mol. The van der Waals surface area contributed by atoms with Crippen molar-refractivity contribution in [1.29, 1.82) is 0 Å². The zero-order valence-corrected chi connectivity index (χ0v) is 7.22. The summed E-state index contributed by atoms with van der Waals surface area (Å²) in [6.07, 6.45) is 3.27. The molecule has 0 aromatic rings. The van der Waals surface area contributed by atoms with Crippen molar-refractivity contribution in [2.75, 3.05) is 0 Å². The molecule has 60 valence electrons. The van der Waals surface area contributed by atoms with Crippen LogP contribution in [-0.4, -0.2) is 11.2 Å². The second kappa shape index (κ2) is 2.54. The topological polar surface area (TPSA) is 20.2 Å². The normalized spacial score (nSPS) is 31.8. The zero-order valence-electron chi connectivity index (χ0n) is 7.22. The first-order valence-electron chi connectivity index (χ1n) is 4.26. The van der Waals surface area contributed by atoms with E-state index in [1.807, 2.05) is 0 Å². The Morgan fingerprint density at radius 1 is 1.60 bits per heavy atom. The Morgan fingerprint density at radius 2 is 2.10 bits per heavy atom. The van der Waals surface area contributed by atoms with Crippen LogP contribution in [0.4, 0.5) is 0 Å². The van der Waals surface area contributed by atoms with Crippen molar-refractivity contribution in [3.63, 3.8) is 0 Å². The van der Waals surface area contributed by atoms with Crippen LogP contribution >= 0.6 is 0 Å². The molecule has 0 aromatic carbocycles. The number of hydrogen-bond acceptors (Lipinski definition) is 1. The third-order valence-electron chi connectivity index (χ3n) is 2.64. The highest BCUT2D eigenvalue weighted by Gasteiger charge is 2.49. The highest BCUT2D eigenvalue weighted by Crippen LogP contribution is 2.54. The minimum Gasteiger partial charge on any atom is -0.393 e. The van der Waals surface area contributed by atoms with Gasteiger partial charge in [0.1, 0.15) is 0 Å². The molecule has 1 rings (SSSR count). The van der Waals surface area contributed by atoms with Gasteiger partial charge in [0.15, 0.2) is 0 Å². The third-order valence-corrected chi connectivity index (χ3v) is 2.64. The molecule has 10 heavy (non-hydrogen) atoms. The lowest BCUT2D eigenvalue weighted by Gasteiger charge is -2.09. The van der Waals surface area contributed by atoms with Gasteiger partial charge in [-0.15, -0.1) is 0 Å². The van der Waals surface area contributed by atoms with E-state index >= 15 is 0 Å². The lowest BCUT2D eigenvalue weighted by atomic mass is 10.0. The van der Waals surface area contributed by atoms with E-state index in [0.29, 0.717) is 11.3 Å². The quantitative estimate of drug-likeness (QED) is 0.640. The molecule has 1 nitrogen and oxygen atoms in total. The first kappa shape index (κ1) is 8.06. The van der Waals surface area contributed by atoms with Crippen LogP contribution in [0.3, 0.4) is 0 Å². The molecule has 1 aliphatic rings. The molecule has 0 spiro atoms. The molecule has 0 aliphatic heterocycles. The molecule has 1 N–H and O–H groups in total. The summed E-state index contributed by atoms with van der Waals surface area (Å²) in [5.41, 5.74) is 0.439. The second-order valence-corrected chi connectivity index (χ2v) is 4.16. The lowest BCUT2D eigenvalue weighted by molar-refractivity contribution is 0.126. The molecule has 0 bridgehead atoms. The van der Waals surface area contributed by atoms with Crippen molar-refractivity contribution in [3.05, 3.63) is 0 Å². The van der Waals surface area contributed by atoms with Gasteiger partial charge in [0.2, 0.25) is 0 Å². The van der Waals surface area contributed by atoms with Crippen LogP contribution in [-0.2, 0) is 0 Å². The highest BCUT2D eigenvalue weighted by molar-refractivity contribution is 4.98. The fourth-order valence-electron chi connectivity index (χ4n) is 1.66. The Bertz CT molecular complexity index is 118. The van der Waals surface area contributed by atoms with Crippen molar-refractivity contribution in [2.45, 2.75) is 46.1 Å². The van der Waals surface area contributed by atoms with Crippen LogP contribution in [0.15, 0.2) is 0 Å². The van der Waals surface area contributed by atoms with Crippen molar-refractivity contribution < 1.29 is 5.11 Å². The van der Waals surface area contributed by atoms with E-state index in [4.69, 9.17) is 0 Å². The summed E-state index contributed by atoms with van der Waals surface area (Å²) < 4.78 is 0. The average Bonchev–Trinajstić information content (AvgIpc) is 2.41. The summed E-state index contributed by atoms with van der Waals surface area (Å²) in [6, 6.07) is 0. The Labute approximate surface area is 63.4 Å². The Morgan fingerprint density at radius 3 is 2.40 bits per heavy atom. The van der Waals surface area contributed by atoms with Crippen molar-refractivity contribution in [3.8, 4) is 0 Å². The fourth-order valence-corrected chi connectivity index (χ4v) is 1.66. The van der Waals surface area contributed by atoms with Crippen LogP contribution < -0.4 is 0 Å². The molecule has 1 heteroatoms. The largest absolute Gasteiger partial charge is 0.393 e. The van der Waals surface area contributed by atoms with Crippen LogP contribution in [0.2, 0.25) is 0 Å². The van der Waals surface area contributed by atoms with Gasteiger partial charge in [-0.1, -0.05) is 27.2 Å². The van der Waals surface area contributed by atoms with Crippen LogP contribution in [0.5, 0.6) is 0 Å². The molecule has 0 saturated heterocycles. The predicted molar refractivity (Wildman–Crippen MR) is 42.8 cm³/mol. The van der Waals surface area contributed by atoms with Crippen molar-refractivity contribution >= 4 is 0 Å². The molecule has 1 fully saturated rings. The Kier molecular flexibility index (Phi) is 2.04. The average molecular weight is 142 g/mol. The van der Waals surface area contributed by atoms with E-state index in [-0.39, 0.29) is 6.10 Å². The van der Waals surface area contributed by atoms with E-state index in [1.165, 1.54) is 6.42 Å².